The Balaban J connectivity index is 2.69. The molecule has 1 rings (SSSR count). The average molecular weight is 284 g/mol. The molecule has 3 N–H and O–H groups in total. The van der Waals surface area contributed by atoms with E-state index in [2.05, 4.69) is 11.6 Å². The van der Waals surface area contributed by atoms with Gasteiger partial charge in [0.25, 0.3) is 0 Å². The van der Waals surface area contributed by atoms with E-state index in [0.29, 0.717) is 13.1 Å². The average Bonchev–Trinajstić information content (AvgIpc) is 2.36. The van der Waals surface area contributed by atoms with E-state index in [1.54, 1.807) is 0 Å². The lowest BCUT2D eigenvalue weighted by atomic mass is 9.91. The van der Waals surface area contributed by atoms with Gasteiger partial charge < -0.3 is 5.73 Å². The van der Waals surface area contributed by atoms with Gasteiger partial charge in [0.05, 0.1) is 5.75 Å². The standard InChI is InChI=1S/C14H24N2O2S/c1-4-14(2,3)11-16-19(17,18)10-13-7-5-6-12(8-13)9-15/h5-8,16H,4,9-11,15H2,1-3H3. The zero-order valence-electron chi connectivity index (χ0n) is 11.9. The van der Waals surface area contributed by atoms with Crippen LogP contribution in [0.15, 0.2) is 24.3 Å². The summed E-state index contributed by atoms with van der Waals surface area (Å²) in [4.78, 5) is 0. The molecule has 0 spiro atoms. The molecule has 0 aliphatic carbocycles. The van der Waals surface area contributed by atoms with Gasteiger partial charge in [0.2, 0.25) is 10.0 Å². The molecule has 19 heavy (non-hydrogen) atoms. The van der Waals surface area contributed by atoms with Crippen LogP contribution >= 0.6 is 0 Å². The van der Waals surface area contributed by atoms with E-state index >= 15 is 0 Å². The van der Waals surface area contributed by atoms with Gasteiger partial charge in [-0.05, 0) is 23.0 Å². The lowest BCUT2D eigenvalue weighted by Crippen LogP contribution is -2.34. The Labute approximate surface area is 116 Å². The van der Waals surface area contributed by atoms with Crippen molar-refractivity contribution in [3.8, 4) is 0 Å². The maximum Gasteiger partial charge on any atom is 0.215 e. The summed E-state index contributed by atoms with van der Waals surface area (Å²) >= 11 is 0. The molecule has 0 amide bonds. The smallest absolute Gasteiger partial charge is 0.215 e. The van der Waals surface area contributed by atoms with Crippen molar-refractivity contribution in [2.24, 2.45) is 11.1 Å². The molecule has 4 nitrogen and oxygen atoms in total. The number of benzene rings is 1. The largest absolute Gasteiger partial charge is 0.326 e. The molecule has 0 aliphatic heterocycles. The van der Waals surface area contributed by atoms with Gasteiger partial charge in [-0.3, -0.25) is 0 Å². The van der Waals surface area contributed by atoms with Crippen molar-refractivity contribution in [2.75, 3.05) is 6.54 Å². The van der Waals surface area contributed by atoms with Gasteiger partial charge in [-0.15, -0.1) is 0 Å². The second-order valence-electron chi connectivity index (χ2n) is 5.62. The number of sulfonamides is 1. The van der Waals surface area contributed by atoms with E-state index in [-0.39, 0.29) is 11.2 Å². The fraction of sp³-hybridized carbons (Fsp3) is 0.571. The summed E-state index contributed by atoms with van der Waals surface area (Å²) in [6, 6.07) is 7.38. The minimum atomic E-state index is -3.29. The molecule has 0 radical (unpaired) electrons. The van der Waals surface area contributed by atoms with Gasteiger partial charge in [-0.2, -0.15) is 0 Å². The van der Waals surface area contributed by atoms with Crippen molar-refractivity contribution in [1.82, 2.24) is 4.72 Å². The maximum atomic E-state index is 12.0. The van der Waals surface area contributed by atoms with E-state index in [9.17, 15) is 8.42 Å². The first kappa shape index (κ1) is 16.1. The second kappa shape index (κ2) is 6.50. The predicted octanol–water partition coefficient (Wildman–Crippen LogP) is 2.00. The Kier molecular flexibility index (Phi) is 5.52. The van der Waals surface area contributed by atoms with Crippen LogP contribution in [0.25, 0.3) is 0 Å². The fourth-order valence-electron chi connectivity index (χ4n) is 1.55. The molecule has 108 valence electrons. The Morgan fingerprint density at radius 3 is 2.47 bits per heavy atom. The Morgan fingerprint density at radius 1 is 1.26 bits per heavy atom. The van der Waals surface area contributed by atoms with Crippen molar-refractivity contribution in [2.45, 2.75) is 39.5 Å². The predicted molar refractivity (Wildman–Crippen MR) is 79.0 cm³/mol. The van der Waals surface area contributed by atoms with Crippen molar-refractivity contribution in [3.63, 3.8) is 0 Å². The summed E-state index contributed by atoms with van der Waals surface area (Å²) in [5, 5.41) is 0. The zero-order chi connectivity index (χ0) is 14.5. The number of nitrogens with one attached hydrogen (secondary N) is 1. The summed E-state index contributed by atoms with van der Waals surface area (Å²) < 4.78 is 26.7. The van der Waals surface area contributed by atoms with Gasteiger partial charge in [0.1, 0.15) is 0 Å². The molecule has 5 heteroatoms. The molecular weight excluding hydrogens is 260 g/mol. The van der Waals surface area contributed by atoms with E-state index in [0.717, 1.165) is 17.5 Å². The molecule has 0 saturated carbocycles. The van der Waals surface area contributed by atoms with Crippen LogP contribution in [0.5, 0.6) is 0 Å². The third kappa shape index (κ3) is 5.72. The molecule has 0 heterocycles. The summed E-state index contributed by atoms with van der Waals surface area (Å²) in [5.74, 6) is 0.000629. The lowest BCUT2D eigenvalue weighted by Gasteiger charge is -2.22. The van der Waals surface area contributed by atoms with E-state index < -0.39 is 10.0 Å². The zero-order valence-corrected chi connectivity index (χ0v) is 12.8. The highest BCUT2D eigenvalue weighted by Crippen LogP contribution is 2.18. The second-order valence-corrected chi connectivity index (χ2v) is 7.43. The topological polar surface area (TPSA) is 72.2 Å². The van der Waals surface area contributed by atoms with Crippen LogP contribution < -0.4 is 10.5 Å². The quantitative estimate of drug-likeness (QED) is 0.804. The normalized spacial score (nSPS) is 12.6. The fourth-order valence-corrected chi connectivity index (χ4v) is 2.88. The molecule has 0 aliphatic rings. The van der Waals surface area contributed by atoms with Crippen LogP contribution in [0.3, 0.4) is 0 Å². The Hall–Kier alpha value is -0.910. The molecule has 0 saturated heterocycles. The first-order valence-corrected chi connectivity index (χ1v) is 8.18. The third-order valence-electron chi connectivity index (χ3n) is 3.31. The molecule has 1 aromatic rings. The highest BCUT2D eigenvalue weighted by molar-refractivity contribution is 7.88. The number of nitrogens with two attached hydrogens (primary N) is 1. The Morgan fingerprint density at radius 2 is 1.89 bits per heavy atom. The SMILES string of the molecule is CCC(C)(C)CNS(=O)(=O)Cc1cccc(CN)c1. The lowest BCUT2D eigenvalue weighted by molar-refractivity contribution is 0.350. The maximum absolute atomic E-state index is 12.0. The van der Waals surface area contributed by atoms with Gasteiger partial charge >= 0.3 is 0 Å². The van der Waals surface area contributed by atoms with Crippen LogP contribution in [0.4, 0.5) is 0 Å². The molecule has 0 bridgehead atoms. The van der Waals surface area contributed by atoms with E-state index in [1.165, 1.54) is 0 Å². The highest BCUT2D eigenvalue weighted by Gasteiger charge is 2.19. The molecular formula is C14H24N2O2S. The number of hydrogen-bond acceptors (Lipinski definition) is 3. The summed E-state index contributed by atoms with van der Waals surface area (Å²) in [7, 11) is -3.29. The summed E-state index contributed by atoms with van der Waals surface area (Å²) in [6.45, 7) is 7.03. The Bertz CT molecular complexity index is 510. The molecule has 0 atom stereocenters. The minimum absolute atomic E-state index is 0.000629. The highest BCUT2D eigenvalue weighted by atomic mass is 32.2. The van der Waals surface area contributed by atoms with Gasteiger partial charge in [0.15, 0.2) is 0 Å². The molecule has 0 aromatic heterocycles. The number of hydrogen-bond donors (Lipinski definition) is 2. The van der Waals surface area contributed by atoms with Crippen LogP contribution in [0, 0.1) is 5.41 Å². The molecule has 0 unspecified atom stereocenters. The monoisotopic (exact) mass is 284 g/mol. The van der Waals surface area contributed by atoms with E-state index in [1.807, 2.05) is 38.1 Å². The van der Waals surface area contributed by atoms with Gasteiger partial charge in [-0.1, -0.05) is 45.0 Å². The first-order chi connectivity index (χ1) is 8.78. The van der Waals surface area contributed by atoms with Crippen molar-refractivity contribution < 1.29 is 8.42 Å². The summed E-state index contributed by atoms with van der Waals surface area (Å²) in [6.07, 6.45) is 0.929. The van der Waals surface area contributed by atoms with Gasteiger partial charge in [0, 0.05) is 13.1 Å². The minimum Gasteiger partial charge on any atom is -0.326 e. The van der Waals surface area contributed by atoms with Crippen molar-refractivity contribution in [1.29, 1.82) is 0 Å². The third-order valence-corrected chi connectivity index (χ3v) is 4.61. The van der Waals surface area contributed by atoms with Crippen LogP contribution in [-0.4, -0.2) is 15.0 Å². The van der Waals surface area contributed by atoms with Crippen LogP contribution in [0.2, 0.25) is 0 Å². The number of rotatable bonds is 7. The van der Waals surface area contributed by atoms with Crippen molar-refractivity contribution in [3.05, 3.63) is 35.4 Å². The molecule has 1 aromatic carbocycles. The van der Waals surface area contributed by atoms with Crippen LogP contribution in [0.1, 0.15) is 38.3 Å². The van der Waals surface area contributed by atoms with Crippen molar-refractivity contribution >= 4 is 10.0 Å². The van der Waals surface area contributed by atoms with Crippen LogP contribution in [-0.2, 0) is 22.3 Å². The first-order valence-electron chi connectivity index (χ1n) is 6.53. The molecule has 0 fully saturated rings. The van der Waals surface area contributed by atoms with Gasteiger partial charge in [-0.25, -0.2) is 13.1 Å². The summed E-state index contributed by atoms with van der Waals surface area (Å²) in [5.41, 5.74) is 7.24. The van der Waals surface area contributed by atoms with E-state index in [4.69, 9.17) is 5.73 Å².